The molecule has 4 rings (SSSR count). The van der Waals surface area contributed by atoms with Gasteiger partial charge in [0.2, 0.25) is 0 Å². The van der Waals surface area contributed by atoms with Crippen molar-refractivity contribution in [2.45, 2.75) is 57.7 Å². The molecule has 1 atom stereocenters. The SMILES string of the molecule is CCOc1ccc([C@H]2c3cccn3CCN2C(=O)NC2CCCCC2)cc1. The number of hydrogen-bond donors (Lipinski definition) is 1. The van der Waals surface area contributed by atoms with Crippen LogP contribution < -0.4 is 10.1 Å². The predicted octanol–water partition coefficient (Wildman–Crippen LogP) is 4.33. The molecule has 1 aromatic carbocycles. The van der Waals surface area contributed by atoms with Crippen LogP contribution >= 0.6 is 0 Å². The van der Waals surface area contributed by atoms with Crippen LogP contribution in [0.5, 0.6) is 5.75 Å². The number of benzene rings is 1. The summed E-state index contributed by atoms with van der Waals surface area (Å²) in [6, 6.07) is 12.7. The second kappa shape index (κ2) is 8.07. The van der Waals surface area contributed by atoms with Gasteiger partial charge in [-0.1, -0.05) is 31.4 Å². The van der Waals surface area contributed by atoms with Crippen LogP contribution in [-0.4, -0.2) is 34.7 Å². The summed E-state index contributed by atoms with van der Waals surface area (Å²) >= 11 is 0. The van der Waals surface area contributed by atoms with Gasteiger partial charge in [0, 0.05) is 31.0 Å². The molecule has 1 aliphatic heterocycles. The van der Waals surface area contributed by atoms with Gasteiger partial charge in [0.1, 0.15) is 5.75 Å². The number of carbonyl (C=O) groups excluding carboxylic acids is 1. The van der Waals surface area contributed by atoms with E-state index >= 15 is 0 Å². The molecule has 0 bridgehead atoms. The van der Waals surface area contributed by atoms with Crippen LogP contribution in [0.25, 0.3) is 0 Å². The third kappa shape index (κ3) is 3.82. The number of fused-ring (bicyclic) bond motifs is 1. The van der Waals surface area contributed by atoms with Crippen molar-refractivity contribution < 1.29 is 9.53 Å². The summed E-state index contributed by atoms with van der Waals surface area (Å²) in [4.78, 5) is 15.1. The topological polar surface area (TPSA) is 46.5 Å². The molecule has 0 unspecified atom stereocenters. The summed E-state index contributed by atoms with van der Waals surface area (Å²) in [7, 11) is 0. The molecule has 2 amide bonds. The van der Waals surface area contributed by atoms with E-state index in [0.29, 0.717) is 12.6 Å². The molecule has 2 aromatic rings. The highest BCUT2D eigenvalue weighted by Crippen LogP contribution is 2.33. The molecule has 1 saturated carbocycles. The van der Waals surface area contributed by atoms with Crippen molar-refractivity contribution in [1.29, 1.82) is 0 Å². The first-order valence-corrected chi connectivity index (χ1v) is 10.2. The minimum Gasteiger partial charge on any atom is -0.494 e. The Morgan fingerprint density at radius 1 is 1.11 bits per heavy atom. The first kappa shape index (κ1) is 18.0. The molecule has 5 nitrogen and oxygen atoms in total. The predicted molar refractivity (Wildman–Crippen MR) is 106 cm³/mol. The van der Waals surface area contributed by atoms with Crippen molar-refractivity contribution in [2.75, 3.05) is 13.2 Å². The number of amides is 2. The Hall–Kier alpha value is -2.43. The second-order valence-electron chi connectivity index (χ2n) is 7.51. The van der Waals surface area contributed by atoms with E-state index in [1.165, 1.54) is 25.0 Å². The quantitative estimate of drug-likeness (QED) is 0.874. The van der Waals surface area contributed by atoms with E-state index < -0.39 is 0 Å². The van der Waals surface area contributed by atoms with Crippen LogP contribution in [0.2, 0.25) is 0 Å². The van der Waals surface area contributed by atoms with Gasteiger partial charge in [0.15, 0.2) is 0 Å². The Kier molecular flexibility index (Phi) is 5.37. The smallest absolute Gasteiger partial charge is 0.318 e. The van der Waals surface area contributed by atoms with E-state index in [0.717, 1.165) is 37.2 Å². The fraction of sp³-hybridized carbons (Fsp3) is 0.500. The first-order valence-electron chi connectivity index (χ1n) is 10.2. The lowest BCUT2D eigenvalue weighted by Gasteiger charge is -2.38. The zero-order valence-electron chi connectivity index (χ0n) is 16.1. The molecule has 27 heavy (non-hydrogen) atoms. The van der Waals surface area contributed by atoms with Crippen LogP contribution in [-0.2, 0) is 6.54 Å². The zero-order chi connectivity index (χ0) is 18.6. The lowest BCUT2D eigenvalue weighted by molar-refractivity contribution is 0.162. The van der Waals surface area contributed by atoms with Crippen LogP contribution in [0.1, 0.15) is 56.3 Å². The summed E-state index contributed by atoms with van der Waals surface area (Å²) in [6.45, 7) is 4.20. The fourth-order valence-corrected chi connectivity index (χ4v) is 4.37. The summed E-state index contributed by atoms with van der Waals surface area (Å²) in [5.41, 5.74) is 2.29. The van der Waals surface area contributed by atoms with Crippen molar-refractivity contribution in [1.82, 2.24) is 14.8 Å². The molecule has 144 valence electrons. The number of ether oxygens (including phenoxy) is 1. The van der Waals surface area contributed by atoms with E-state index in [1.54, 1.807) is 0 Å². The van der Waals surface area contributed by atoms with Crippen LogP contribution in [0, 0.1) is 0 Å². The number of hydrogen-bond acceptors (Lipinski definition) is 2. The number of carbonyl (C=O) groups is 1. The Morgan fingerprint density at radius 2 is 1.89 bits per heavy atom. The summed E-state index contributed by atoms with van der Waals surface area (Å²) in [5.74, 6) is 0.866. The molecule has 0 saturated heterocycles. The average Bonchev–Trinajstić information content (AvgIpc) is 3.18. The third-order valence-electron chi connectivity index (χ3n) is 5.74. The summed E-state index contributed by atoms with van der Waals surface area (Å²) in [5, 5.41) is 3.30. The van der Waals surface area contributed by atoms with Crippen LogP contribution in [0.3, 0.4) is 0 Å². The van der Waals surface area contributed by atoms with Crippen molar-refractivity contribution in [2.24, 2.45) is 0 Å². The summed E-state index contributed by atoms with van der Waals surface area (Å²) < 4.78 is 7.83. The maximum atomic E-state index is 13.1. The molecule has 2 heterocycles. The highest BCUT2D eigenvalue weighted by atomic mass is 16.5. The Balaban J connectivity index is 1.58. The van der Waals surface area contributed by atoms with Crippen molar-refractivity contribution >= 4 is 6.03 Å². The minimum absolute atomic E-state index is 0.0620. The van der Waals surface area contributed by atoms with Crippen molar-refractivity contribution in [3.8, 4) is 5.75 Å². The monoisotopic (exact) mass is 367 g/mol. The van der Waals surface area contributed by atoms with Gasteiger partial charge >= 0.3 is 6.03 Å². The van der Waals surface area contributed by atoms with Gasteiger partial charge in [-0.25, -0.2) is 4.79 Å². The molecular weight excluding hydrogens is 338 g/mol. The molecule has 0 spiro atoms. The molecule has 1 aromatic heterocycles. The van der Waals surface area contributed by atoms with Gasteiger partial charge in [-0.05, 0) is 49.6 Å². The lowest BCUT2D eigenvalue weighted by Crippen LogP contribution is -2.50. The molecule has 5 heteroatoms. The van der Waals surface area contributed by atoms with E-state index in [2.05, 4.69) is 40.3 Å². The lowest BCUT2D eigenvalue weighted by atomic mass is 9.95. The minimum atomic E-state index is -0.0620. The number of nitrogens with zero attached hydrogens (tertiary/aromatic N) is 2. The second-order valence-corrected chi connectivity index (χ2v) is 7.51. The van der Waals surface area contributed by atoms with E-state index in [-0.39, 0.29) is 12.1 Å². The zero-order valence-corrected chi connectivity index (χ0v) is 16.1. The fourth-order valence-electron chi connectivity index (χ4n) is 4.37. The third-order valence-corrected chi connectivity index (χ3v) is 5.74. The highest BCUT2D eigenvalue weighted by Gasteiger charge is 2.33. The Bertz CT molecular complexity index is 762. The van der Waals surface area contributed by atoms with Crippen molar-refractivity contribution in [3.05, 3.63) is 53.9 Å². The number of rotatable bonds is 4. The van der Waals surface area contributed by atoms with E-state index in [4.69, 9.17) is 4.74 Å². The summed E-state index contributed by atoms with van der Waals surface area (Å²) in [6.07, 6.45) is 8.03. The number of nitrogens with one attached hydrogen (secondary N) is 1. The van der Waals surface area contributed by atoms with Gasteiger partial charge < -0.3 is 19.5 Å². The van der Waals surface area contributed by atoms with Gasteiger partial charge in [-0.15, -0.1) is 0 Å². The Labute approximate surface area is 161 Å². The normalized spacial score (nSPS) is 20.2. The molecule has 1 N–H and O–H groups in total. The number of urea groups is 1. The highest BCUT2D eigenvalue weighted by molar-refractivity contribution is 5.76. The van der Waals surface area contributed by atoms with Crippen LogP contribution in [0.15, 0.2) is 42.6 Å². The van der Waals surface area contributed by atoms with Gasteiger partial charge in [-0.2, -0.15) is 0 Å². The number of aromatic nitrogens is 1. The maximum Gasteiger partial charge on any atom is 0.318 e. The van der Waals surface area contributed by atoms with Gasteiger partial charge in [0.05, 0.1) is 12.6 Å². The first-order chi connectivity index (χ1) is 13.3. The standard InChI is InChI=1S/C22H29N3O2/c1-2-27-19-12-10-17(11-13-19)21-20-9-6-14-24(20)15-16-25(21)22(26)23-18-7-4-3-5-8-18/h6,9-14,18,21H,2-5,7-8,15-16H2,1H3,(H,23,26)/t21-/m0/s1. The molecule has 1 aliphatic carbocycles. The molecular formula is C22H29N3O2. The largest absolute Gasteiger partial charge is 0.494 e. The van der Waals surface area contributed by atoms with Gasteiger partial charge in [-0.3, -0.25) is 0 Å². The molecule has 2 aliphatic rings. The van der Waals surface area contributed by atoms with E-state index in [1.807, 2.05) is 24.0 Å². The molecule has 1 fully saturated rings. The van der Waals surface area contributed by atoms with Gasteiger partial charge in [0.25, 0.3) is 0 Å². The molecule has 0 radical (unpaired) electrons. The van der Waals surface area contributed by atoms with Crippen molar-refractivity contribution in [3.63, 3.8) is 0 Å². The van der Waals surface area contributed by atoms with Crippen LogP contribution in [0.4, 0.5) is 4.79 Å². The Morgan fingerprint density at radius 3 is 2.63 bits per heavy atom. The average molecular weight is 367 g/mol. The maximum absolute atomic E-state index is 13.1. The van der Waals surface area contributed by atoms with E-state index in [9.17, 15) is 4.79 Å².